The number of nitrogens with one attached hydrogen (secondary N) is 1. The fourth-order valence-electron chi connectivity index (χ4n) is 1.80. The van der Waals surface area contributed by atoms with Crippen LogP contribution in [0.1, 0.15) is 22.5 Å². The molecule has 0 saturated heterocycles. The Hall–Kier alpha value is -2.90. The van der Waals surface area contributed by atoms with Gasteiger partial charge in [-0.15, -0.1) is 0 Å². The Morgan fingerprint density at radius 3 is 2.71 bits per heavy atom. The SMILES string of the molecule is Cc1ccn2cc(C(=O)NC(CC(=O)O)C(=O)O)nc2c1. The van der Waals surface area contributed by atoms with Gasteiger partial charge in [-0.3, -0.25) is 9.59 Å². The number of rotatable bonds is 5. The molecule has 0 aliphatic heterocycles. The molecule has 1 unspecified atom stereocenters. The molecule has 2 heterocycles. The number of carbonyl (C=O) groups excluding carboxylic acids is 1. The zero-order chi connectivity index (χ0) is 15.6. The van der Waals surface area contributed by atoms with E-state index in [9.17, 15) is 14.4 Å². The lowest BCUT2D eigenvalue weighted by Gasteiger charge is -2.10. The van der Waals surface area contributed by atoms with E-state index in [1.165, 1.54) is 6.20 Å². The maximum absolute atomic E-state index is 12.0. The van der Waals surface area contributed by atoms with Crippen molar-refractivity contribution in [2.75, 3.05) is 0 Å². The van der Waals surface area contributed by atoms with E-state index >= 15 is 0 Å². The first kappa shape index (κ1) is 14.5. The van der Waals surface area contributed by atoms with Gasteiger partial charge in [0.25, 0.3) is 5.91 Å². The van der Waals surface area contributed by atoms with E-state index in [0.717, 1.165) is 5.56 Å². The van der Waals surface area contributed by atoms with Crippen molar-refractivity contribution in [2.45, 2.75) is 19.4 Å². The highest BCUT2D eigenvalue weighted by Gasteiger charge is 2.24. The summed E-state index contributed by atoms with van der Waals surface area (Å²) in [5.41, 5.74) is 1.54. The Balaban J connectivity index is 2.20. The molecule has 1 atom stereocenters. The van der Waals surface area contributed by atoms with Crippen LogP contribution in [0.25, 0.3) is 5.65 Å². The molecular weight excluding hydrogens is 278 g/mol. The number of fused-ring (bicyclic) bond motifs is 1. The molecule has 0 aromatic carbocycles. The van der Waals surface area contributed by atoms with Crippen molar-refractivity contribution in [3.63, 3.8) is 0 Å². The van der Waals surface area contributed by atoms with Crippen molar-refractivity contribution in [3.05, 3.63) is 35.8 Å². The highest BCUT2D eigenvalue weighted by Crippen LogP contribution is 2.08. The summed E-state index contributed by atoms with van der Waals surface area (Å²) >= 11 is 0. The van der Waals surface area contributed by atoms with Crippen LogP contribution in [0.3, 0.4) is 0 Å². The average Bonchev–Trinajstić information content (AvgIpc) is 2.80. The molecule has 0 aliphatic carbocycles. The zero-order valence-corrected chi connectivity index (χ0v) is 11.1. The molecule has 0 spiro atoms. The first-order valence-electron chi connectivity index (χ1n) is 6.07. The molecule has 8 nitrogen and oxygen atoms in total. The van der Waals surface area contributed by atoms with Gasteiger partial charge in [-0.05, 0) is 24.6 Å². The Kier molecular flexibility index (Phi) is 3.88. The van der Waals surface area contributed by atoms with E-state index in [0.29, 0.717) is 5.65 Å². The number of aromatic nitrogens is 2. The maximum atomic E-state index is 12.0. The minimum absolute atomic E-state index is 0.0252. The van der Waals surface area contributed by atoms with E-state index in [1.807, 2.05) is 13.0 Å². The largest absolute Gasteiger partial charge is 0.481 e. The van der Waals surface area contributed by atoms with Crippen LogP contribution in [-0.4, -0.2) is 43.5 Å². The molecule has 2 aromatic heterocycles. The molecule has 3 N–H and O–H groups in total. The molecule has 0 radical (unpaired) electrons. The maximum Gasteiger partial charge on any atom is 0.326 e. The molecular formula is C13H13N3O5. The number of hydrogen-bond acceptors (Lipinski definition) is 4. The number of nitrogens with zero attached hydrogens (tertiary/aromatic N) is 2. The minimum Gasteiger partial charge on any atom is -0.481 e. The number of carbonyl (C=O) groups is 3. The van der Waals surface area contributed by atoms with Crippen LogP contribution >= 0.6 is 0 Å². The van der Waals surface area contributed by atoms with Gasteiger partial charge in [-0.1, -0.05) is 0 Å². The van der Waals surface area contributed by atoms with Gasteiger partial charge in [-0.2, -0.15) is 0 Å². The van der Waals surface area contributed by atoms with Crippen LogP contribution < -0.4 is 5.32 Å². The monoisotopic (exact) mass is 291 g/mol. The number of amides is 1. The summed E-state index contributed by atoms with van der Waals surface area (Å²) in [7, 11) is 0. The quantitative estimate of drug-likeness (QED) is 0.728. The molecule has 0 bridgehead atoms. The number of carboxylic acids is 2. The van der Waals surface area contributed by atoms with Crippen molar-refractivity contribution in [1.29, 1.82) is 0 Å². The van der Waals surface area contributed by atoms with Gasteiger partial charge < -0.3 is 19.9 Å². The second-order valence-corrected chi connectivity index (χ2v) is 4.56. The second kappa shape index (κ2) is 5.61. The summed E-state index contributed by atoms with van der Waals surface area (Å²) < 4.78 is 1.62. The summed E-state index contributed by atoms with van der Waals surface area (Å²) in [5, 5.41) is 19.7. The lowest BCUT2D eigenvalue weighted by atomic mass is 10.2. The molecule has 1 amide bonds. The van der Waals surface area contributed by atoms with Crippen molar-refractivity contribution >= 4 is 23.5 Å². The van der Waals surface area contributed by atoms with E-state index in [2.05, 4.69) is 10.3 Å². The summed E-state index contributed by atoms with van der Waals surface area (Å²) in [6.45, 7) is 1.88. The highest BCUT2D eigenvalue weighted by atomic mass is 16.4. The third-order valence-corrected chi connectivity index (χ3v) is 2.83. The molecule has 2 rings (SSSR count). The first-order valence-corrected chi connectivity index (χ1v) is 6.07. The van der Waals surface area contributed by atoms with Crippen molar-refractivity contribution in [2.24, 2.45) is 0 Å². The first-order chi connectivity index (χ1) is 9.86. The van der Waals surface area contributed by atoms with Crippen molar-refractivity contribution in [1.82, 2.24) is 14.7 Å². The predicted molar refractivity (Wildman–Crippen MR) is 71.1 cm³/mol. The summed E-state index contributed by atoms with van der Waals surface area (Å²) in [5.74, 6) is -3.45. The third kappa shape index (κ3) is 3.35. The van der Waals surface area contributed by atoms with Gasteiger partial charge in [0.05, 0.1) is 6.42 Å². The smallest absolute Gasteiger partial charge is 0.326 e. The molecule has 110 valence electrons. The number of imidazole rings is 1. The molecule has 0 aliphatic rings. The molecule has 8 heteroatoms. The molecule has 0 saturated carbocycles. The lowest BCUT2D eigenvalue weighted by Crippen LogP contribution is -2.42. The number of aliphatic carboxylic acids is 2. The molecule has 21 heavy (non-hydrogen) atoms. The highest BCUT2D eigenvalue weighted by molar-refractivity contribution is 5.96. The van der Waals surface area contributed by atoms with Crippen LogP contribution in [0, 0.1) is 6.92 Å². The third-order valence-electron chi connectivity index (χ3n) is 2.83. The summed E-state index contributed by atoms with van der Waals surface area (Å²) in [6, 6.07) is 2.10. The van der Waals surface area contributed by atoms with Gasteiger partial charge in [0.2, 0.25) is 0 Å². The Bertz CT molecular complexity index is 722. The van der Waals surface area contributed by atoms with Gasteiger partial charge in [0, 0.05) is 12.4 Å². The topological polar surface area (TPSA) is 121 Å². The lowest BCUT2D eigenvalue weighted by molar-refractivity contribution is -0.145. The fourth-order valence-corrected chi connectivity index (χ4v) is 1.80. The predicted octanol–water partition coefficient (Wildman–Crippen LogP) is 0.300. The van der Waals surface area contributed by atoms with Crippen molar-refractivity contribution < 1.29 is 24.6 Å². The number of carboxylic acid groups (broad SMARTS) is 2. The number of pyridine rings is 1. The van der Waals surface area contributed by atoms with Crippen LogP contribution in [-0.2, 0) is 9.59 Å². The van der Waals surface area contributed by atoms with Gasteiger partial charge in [0.15, 0.2) is 0 Å². The zero-order valence-electron chi connectivity index (χ0n) is 11.1. The van der Waals surface area contributed by atoms with Gasteiger partial charge in [-0.25, -0.2) is 9.78 Å². The summed E-state index contributed by atoms with van der Waals surface area (Å²) in [6.07, 6.45) is 2.47. The standard InChI is InChI=1S/C13H13N3O5/c1-7-2-3-16-6-9(14-10(16)4-7)12(19)15-8(13(20)21)5-11(17)18/h2-4,6,8H,5H2,1H3,(H,15,19)(H,17,18)(H,20,21). The van der Waals surface area contributed by atoms with E-state index in [-0.39, 0.29) is 5.69 Å². The Morgan fingerprint density at radius 1 is 1.38 bits per heavy atom. The second-order valence-electron chi connectivity index (χ2n) is 4.56. The Morgan fingerprint density at radius 2 is 2.10 bits per heavy atom. The van der Waals surface area contributed by atoms with E-state index < -0.39 is 30.3 Å². The molecule has 2 aromatic rings. The van der Waals surface area contributed by atoms with E-state index in [4.69, 9.17) is 10.2 Å². The minimum atomic E-state index is -1.50. The molecule has 0 fully saturated rings. The normalized spacial score (nSPS) is 12.0. The van der Waals surface area contributed by atoms with Crippen LogP contribution in [0.5, 0.6) is 0 Å². The summed E-state index contributed by atoms with van der Waals surface area (Å²) in [4.78, 5) is 37.5. The van der Waals surface area contributed by atoms with Crippen LogP contribution in [0.4, 0.5) is 0 Å². The van der Waals surface area contributed by atoms with Crippen LogP contribution in [0.15, 0.2) is 24.5 Å². The van der Waals surface area contributed by atoms with Gasteiger partial charge >= 0.3 is 11.9 Å². The van der Waals surface area contributed by atoms with Crippen LogP contribution in [0.2, 0.25) is 0 Å². The number of aryl methyl sites for hydroxylation is 1. The fraction of sp³-hybridized carbons (Fsp3) is 0.231. The van der Waals surface area contributed by atoms with Crippen molar-refractivity contribution in [3.8, 4) is 0 Å². The van der Waals surface area contributed by atoms with E-state index in [1.54, 1.807) is 16.7 Å². The number of hydrogen-bond donors (Lipinski definition) is 3. The van der Waals surface area contributed by atoms with Gasteiger partial charge in [0.1, 0.15) is 17.4 Å². The Labute approximate surface area is 119 Å². The average molecular weight is 291 g/mol.